The van der Waals surface area contributed by atoms with Gasteiger partial charge >= 0.3 is 0 Å². The molecule has 0 saturated carbocycles. The summed E-state index contributed by atoms with van der Waals surface area (Å²) in [6, 6.07) is 34.8. The van der Waals surface area contributed by atoms with Gasteiger partial charge in [0.05, 0.1) is 0 Å². The molecule has 51 heavy (non-hydrogen) atoms. The summed E-state index contributed by atoms with van der Waals surface area (Å²) in [7, 11) is 0. The summed E-state index contributed by atoms with van der Waals surface area (Å²) in [6.45, 7) is 0. The van der Waals surface area contributed by atoms with Crippen LogP contribution in [0, 0.1) is 0 Å². The van der Waals surface area contributed by atoms with E-state index < -0.39 is 0 Å². The summed E-state index contributed by atoms with van der Waals surface area (Å²) >= 11 is 0. The van der Waals surface area contributed by atoms with Gasteiger partial charge in [-0.3, -0.25) is 0 Å². The fourth-order valence-corrected chi connectivity index (χ4v) is 7.45. The summed E-state index contributed by atoms with van der Waals surface area (Å²) in [6.07, 6.45) is 41.0. The fraction of sp³-hybridized carbons (Fsp3) is 0.176. The van der Waals surface area contributed by atoms with Gasteiger partial charge in [-0.1, -0.05) is 188 Å². The Labute approximate surface area is 305 Å². The maximum Gasteiger partial charge on any atom is -0.00139 e. The van der Waals surface area contributed by atoms with Crippen LogP contribution >= 0.6 is 0 Å². The Hall–Kier alpha value is -5.46. The standard InChI is InChI=1S/C15H14.C15H12.2C8H8.C5H6/c2*1-3-7-14-11-15-8-4-2-6-13(15)10-9-12(14)5-1;2*1-3-7-5-2-6-8(7)4-1;1-2-4-5-3-1/h1-8H,9-11H2;1-10H,11H2;1-3,6H,4-5H2;1-3,5H,4,6H2;1-4H,5H2. The predicted octanol–water partition coefficient (Wildman–Crippen LogP) is 13.0. The molecule has 0 unspecified atom stereocenters. The Morgan fingerprint density at radius 2 is 0.745 bits per heavy atom. The van der Waals surface area contributed by atoms with Crippen LogP contribution in [-0.2, 0) is 25.7 Å². The third kappa shape index (κ3) is 9.21. The Balaban J connectivity index is 0.000000105. The Bertz CT molecular complexity index is 1970. The Morgan fingerprint density at radius 1 is 0.333 bits per heavy atom. The van der Waals surface area contributed by atoms with Crippen molar-refractivity contribution in [2.24, 2.45) is 0 Å². The van der Waals surface area contributed by atoms with Crippen molar-refractivity contribution in [2.75, 3.05) is 0 Å². The van der Waals surface area contributed by atoms with Gasteiger partial charge < -0.3 is 0 Å². The molecule has 0 atom stereocenters. The Morgan fingerprint density at radius 3 is 1.20 bits per heavy atom. The number of fused-ring (bicyclic) bond motifs is 4. The smallest absolute Gasteiger partial charge is 0.00139 e. The van der Waals surface area contributed by atoms with Gasteiger partial charge in [-0.2, -0.15) is 0 Å². The highest BCUT2D eigenvalue weighted by atomic mass is 14.2. The van der Waals surface area contributed by atoms with Crippen molar-refractivity contribution in [3.63, 3.8) is 0 Å². The van der Waals surface area contributed by atoms with Crippen LogP contribution in [0.5, 0.6) is 0 Å². The van der Waals surface area contributed by atoms with Crippen molar-refractivity contribution < 1.29 is 0 Å². The first-order chi connectivity index (χ1) is 25.3. The van der Waals surface area contributed by atoms with Gasteiger partial charge in [0.25, 0.3) is 0 Å². The van der Waals surface area contributed by atoms with Crippen LogP contribution in [0.2, 0.25) is 0 Å². The van der Waals surface area contributed by atoms with Crippen molar-refractivity contribution in [3.05, 3.63) is 237 Å². The quantitative estimate of drug-likeness (QED) is 0.155. The normalized spacial score (nSPS) is 16.8. The van der Waals surface area contributed by atoms with Gasteiger partial charge in [-0.15, -0.1) is 0 Å². The minimum Gasteiger partial charge on any atom is -0.0808 e. The van der Waals surface area contributed by atoms with E-state index in [2.05, 4.69) is 182 Å². The van der Waals surface area contributed by atoms with Gasteiger partial charge in [0.15, 0.2) is 0 Å². The largest absolute Gasteiger partial charge is 0.0808 e. The molecule has 0 saturated heterocycles. The van der Waals surface area contributed by atoms with Gasteiger partial charge in [0.2, 0.25) is 0 Å². The lowest BCUT2D eigenvalue weighted by atomic mass is 10.0. The maximum atomic E-state index is 2.27. The number of hydrogen-bond donors (Lipinski definition) is 0. The van der Waals surface area contributed by atoms with Crippen LogP contribution in [0.1, 0.15) is 76.6 Å². The van der Waals surface area contributed by atoms with E-state index in [1.807, 2.05) is 0 Å². The second kappa shape index (κ2) is 17.5. The van der Waals surface area contributed by atoms with Gasteiger partial charge in [-0.25, -0.2) is 0 Å². The number of hydrogen-bond acceptors (Lipinski definition) is 0. The van der Waals surface area contributed by atoms with Crippen LogP contribution in [0.25, 0.3) is 12.2 Å². The summed E-state index contributed by atoms with van der Waals surface area (Å²) in [5, 5.41) is 0. The summed E-state index contributed by atoms with van der Waals surface area (Å²) < 4.78 is 0. The maximum absolute atomic E-state index is 2.27. The van der Waals surface area contributed by atoms with Crippen LogP contribution in [0.4, 0.5) is 0 Å². The first kappa shape index (κ1) is 34.0. The van der Waals surface area contributed by atoms with Gasteiger partial charge in [0.1, 0.15) is 0 Å². The molecule has 0 radical (unpaired) electrons. The molecule has 0 bridgehead atoms. The van der Waals surface area contributed by atoms with Crippen LogP contribution in [0.15, 0.2) is 192 Å². The lowest BCUT2D eigenvalue weighted by molar-refractivity contribution is 0.965. The molecule has 0 amide bonds. The summed E-state index contributed by atoms with van der Waals surface area (Å²) in [5.41, 5.74) is 17.7. The molecule has 4 aromatic rings. The number of benzene rings is 4. The highest BCUT2D eigenvalue weighted by molar-refractivity contribution is 5.75. The number of rotatable bonds is 0. The lowest BCUT2D eigenvalue weighted by Crippen LogP contribution is -1.90. The van der Waals surface area contributed by atoms with Crippen LogP contribution < -0.4 is 0 Å². The van der Waals surface area contributed by atoms with E-state index in [1.54, 1.807) is 5.57 Å². The molecule has 0 nitrogen and oxygen atoms in total. The molecule has 0 N–H and O–H groups in total. The number of allylic oxidation sites excluding steroid dienone is 16. The summed E-state index contributed by atoms with van der Waals surface area (Å²) in [5.74, 6) is 0. The molecule has 0 aromatic heterocycles. The van der Waals surface area contributed by atoms with Crippen molar-refractivity contribution in [3.8, 4) is 0 Å². The van der Waals surface area contributed by atoms with E-state index in [1.165, 1.54) is 99.8 Å². The van der Waals surface area contributed by atoms with Crippen molar-refractivity contribution in [1.82, 2.24) is 0 Å². The van der Waals surface area contributed by atoms with Crippen LogP contribution in [0.3, 0.4) is 0 Å². The molecular formula is C51H48. The Kier molecular flexibility index (Phi) is 11.6. The van der Waals surface area contributed by atoms with Crippen LogP contribution in [-0.4, -0.2) is 0 Å². The lowest BCUT2D eigenvalue weighted by Gasteiger charge is -2.04. The highest BCUT2D eigenvalue weighted by Crippen LogP contribution is 2.29. The first-order valence-corrected chi connectivity index (χ1v) is 18.7. The summed E-state index contributed by atoms with van der Waals surface area (Å²) in [4.78, 5) is 0. The molecule has 0 heterocycles. The SMILES string of the molecule is C1=CC2=C(C1)CC=C2.C1=CC2=C(C=CC2)C1.C1=CCC=C1.C1=Cc2ccccc2Cc2ccccc21.c1ccc2c(c1)CCc1ccccc1C2. The predicted molar refractivity (Wildman–Crippen MR) is 220 cm³/mol. The van der Waals surface area contributed by atoms with E-state index in [4.69, 9.17) is 0 Å². The van der Waals surface area contributed by atoms with Crippen molar-refractivity contribution >= 4 is 12.2 Å². The van der Waals surface area contributed by atoms with E-state index >= 15 is 0 Å². The molecule has 7 aliphatic rings. The van der Waals surface area contributed by atoms with Crippen molar-refractivity contribution in [1.29, 1.82) is 0 Å². The molecule has 11 rings (SSSR count). The molecule has 4 aromatic carbocycles. The van der Waals surface area contributed by atoms with E-state index in [9.17, 15) is 0 Å². The van der Waals surface area contributed by atoms with Crippen molar-refractivity contribution in [2.45, 2.75) is 57.8 Å². The van der Waals surface area contributed by atoms with E-state index in [0.29, 0.717) is 0 Å². The molecule has 0 heteroatoms. The zero-order valence-corrected chi connectivity index (χ0v) is 29.7. The zero-order valence-electron chi connectivity index (χ0n) is 29.7. The molecule has 7 aliphatic carbocycles. The topological polar surface area (TPSA) is 0 Å². The highest BCUT2D eigenvalue weighted by Gasteiger charge is 2.12. The average Bonchev–Trinajstić information content (AvgIpc) is 4.01. The second-order valence-corrected chi connectivity index (χ2v) is 13.7. The monoisotopic (exact) mass is 660 g/mol. The molecule has 0 fully saturated rings. The first-order valence-electron chi connectivity index (χ1n) is 18.7. The molecule has 0 aliphatic heterocycles. The fourth-order valence-electron chi connectivity index (χ4n) is 7.45. The van der Waals surface area contributed by atoms with E-state index in [-0.39, 0.29) is 0 Å². The average molecular weight is 661 g/mol. The third-order valence-corrected chi connectivity index (χ3v) is 10.3. The minimum atomic E-state index is 1.04. The van der Waals surface area contributed by atoms with Gasteiger partial charge in [-0.05, 0) is 119 Å². The third-order valence-electron chi connectivity index (χ3n) is 10.3. The molecule has 252 valence electrons. The van der Waals surface area contributed by atoms with E-state index in [0.717, 1.165) is 19.3 Å². The molecular weight excluding hydrogens is 613 g/mol. The number of aryl methyl sites for hydroxylation is 2. The van der Waals surface area contributed by atoms with Gasteiger partial charge in [0, 0.05) is 0 Å². The zero-order chi connectivity index (χ0) is 34.5. The second-order valence-electron chi connectivity index (χ2n) is 13.7. The molecule has 0 spiro atoms. The minimum absolute atomic E-state index is 1.04.